The van der Waals surface area contributed by atoms with E-state index in [0.717, 1.165) is 58.3 Å². The van der Waals surface area contributed by atoms with Crippen LogP contribution in [0.3, 0.4) is 0 Å². The second-order valence-electron chi connectivity index (χ2n) is 21.1. The van der Waals surface area contributed by atoms with Crippen LogP contribution in [-0.4, -0.2) is 85.8 Å². The molecule has 3 N–H and O–H groups in total. The Morgan fingerprint density at radius 1 is 0.313 bits per heavy atom. The maximum absolute atomic E-state index is 13.0. The van der Waals surface area contributed by atoms with Crippen LogP contribution in [-0.2, 0) is 19.2 Å². The molecule has 9 heteroatoms. The van der Waals surface area contributed by atoms with Gasteiger partial charge >= 0.3 is 0 Å². The molecule has 0 saturated carbocycles. The van der Waals surface area contributed by atoms with Gasteiger partial charge < -0.3 is 16.0 Å². The van der Waals surface area contributed by atoms with Crippen molar-refractivity contribution in [1.82, 2.24) is 25.8 Å². The number of likely N-dealkylation sites (tertiary alicyclic amines) is 2. The molecule has 0 aromatic heterocycles. The Bertz CT molecular complexity index is 1180. The summed E-state index contributed by atoms with van der Waals surface area (Å²) >= 11 is 0. The molecule has 0 spiro atoms. The third-order valence-corrected chi connectivity index (χ3v) is 15.0. The fourth-order valence-electron chi connectivity index (χ4n) is 10.5. The lowest BCUT2D eigenvalue weighted by molar-refractivity contribution is -0.140. The number of nitrogens with one attached hydrogen (secondary N) is 3. The molecule has 2 fully saturated rings. The Hall–Kier alpha value is -1.84. The lowest BCUT2D eigenvalue weighted by Gasteiger charge is -2.16. The van der Waals surface area contributed by atoms with Crippen LogP contribution in [0.4, 0.5) is 0 Å². The van der Waals surface area contributed by atoms with Crippen molar-refractivity contribution in [2.45, 2.75) is 284 Å². The van der Waals surface area contributed by atoms with E-state index in [1.54, 1.807) is 0 Å². The third-order valence-electron chi connectivity index (χ3n) is 15.0. The molecule has 0 aromatic carbocycles. The first-order valence-electron chi connectivity index (χ1n) is 29.8. The van der Waals surface area contributed by atoms with Crippen molar-refractivity contribution in [2.75, 3.05) is 52.4 Å². The molecule has 0 bridgehead atoms. The number of rotatable bonds is 52. The summed E-state index contributed by atoms with van der Waals surface area (Å²) in [5.41, 5.74) is 0. The maximum atomic E-state index is 13.0. The van der Waals surface area contributed by atoms with E-state index in [2.05, 4.69) is 29.8 Å². The molecule has 4 amide bonds. The predicted octanol–water partition coefficient (Wildman–Crippen LogP) is 14.1. The Balaban J connectivity index is 1.31. The molecule has 0 aromatic rings. The summed E-state index contributed by atoms with van der Waals surface area (Å²) < 4.78 is 0. The van der Waals surface area contributed by atoms with Crippen LogP contribution >= 0.6 is 0 Å². The van der Waals surface area contributed by atoms with Crippen molar-refractivity contribution in [3.05, 3.63) is 0 Å². The number of amides is 4. The van der Waals surface area contributed by atoms with Crippen LogP contribution in [0.2, 0.25) is 0 Å². The molecular formula is C58H111N5O4. The van der Waals surface area contributed by atoms with Gasteiger partial charge in [-0.25, -0.2) is 0 Å². The van der Waals surface area contributed by atoms with Gasteiger partial charge in [0.1, 0.15) is 0 Å². The van der Waals surface area contributed by atoms with Crippen LogP contribution < -0.4 is 16.0 Å². The number of unbranched alkanes of at least 4 members (excludes halogenated alkanes) is 36. The molecule has 67 heavy (non-hydrogen) atoms. The monoisotopic (exact) mass is 942 g/mol. The van der Waals surface area contributed by atoms with Gasteiger partial charge in [0.05, 0.1) is 0 Å². The Labute approximate surface area is 414 Å². The quantitative estimate of drug-likeness (QED) is 0.0411. The molecule has 392 valence electrons. The molecular weight excluding hydrogens is 831 g/mol. The van der Waals surface area contributed by atoms with Crippen LogP contribution in [0.15, 0.2) is 0 Å². The summed E-state index contributed by atoms with van der Waals surface area (Å²) in [4.78, 5) is 54.0. The Morgan fingerprint density at radius 3 is 0.761 bits per heavy atom. The van der Waals surface area contributed by atoms with E-state index in [0.29, 0.717) is 39.0 Å². The lowest BCUT2D eigenvalue weighted by atomic mass is 9.98. The van der Waals surface area contributed by atoms with Crippen LogP contribution in [0.1, 0.15) is 284 Å². The highest BCUT2D eigenvalue weighted by Crippen LogP contribution is 2.27. The van der Waals surface area contributed by atoms with Gasteiger partial charge in [-0.15, -0.1) is 0 Å². The van der Waals surface area contributed by atoms with E-state index >= 15 is 0 Å². The van der Waals surface area contributed by atoms with Crippen molar-refractivity contribution in [3.63, 3.8) is 0 Å². The van der Waals surface area contributed by atoms with E-state index in [-0.39, 0.29) is 35.5 Å². The largest absolute Gasteiger partial charge is 0.314 e. The minimum absolute atomic E-state index is 0.0111. The van der Waals surface area contributed by atoms with E-state index in [9.17, 15) is 19.2 Å². The van der Waals surface area contributed by atoms with Crippen molar-refractivity contribution in [1.29, 1.82) is 0 Å². The van der Waals surface area contributed by atoms with Gasteiger partial charge in [-0.1, -0.05) is 258 Å². The van der Waals surface area contributed by atoms with Crippen LogP contribution in [0.5, 0.6) is 0 Å². The van der Waals surface area contributed by atoms with Crippen LogP contribution in [0.25, 0.3) is 0 Å². The normalized spacial score (nSPS) is 16.5. The minimum Gasteiger partial charge on any atom is -0.314 e. The molecule has 9 nitrogen and oxygen atoms in total. The zero-order valence-corrected chi connectivity index (χ0v) is 44.5. The average molecular weight is 943 g/mol. The minimum atomic E-state index is -0.122. The number of imide groups is 2. The van der Waals surface area contributed by atoms with Crippen molar-refractivity contribution in [2.24, 2.45) is 11.8 Å². The molecule has 0 aliphatic carbocycles. The van der Waals surface area contributed by atoms with Gasteiger partial charge in [0, 0.05) is 77.0 Å². The van der Waals surface area contributed by atoms with Gasteiger partial charge in [0.2, 0.25) is 23.6 Å². The van der Waals surface area contributed by atoms with E-state index in [1.807, 2.05) is 0 Å². The summed E-state index contributed by atoms with van der Waals surface area (Å²) in [6, 6.07) is 0. The highest BCUT2D eigenvalue weighted by molar-refractivity contribution is 6.04. The number of hydrogen-bond acceptors (Lipinski definition) is 7. The zero-order valence-electron chi connectivity index (χ0n) is 44.5. The summed E-state index contributed by atoms with van der Waals surface area (Å²) in [5.74, 6) is -0.207. The first-order valence-corrected chi connectivity index (χ1v) is 29.8. The summed E-state index contributed by atoms with van der Waals surface area (Å²) in [7, 11) is 0. The lowest BCUT2D eigenvalue weighted by Crippen LogP contribution is -2.40. The highest BCUT2D eigenvalue weighted by Gasteiger charge is 2.38. The fraction of sp³-hybridized carbons (Fsp3) is 0.931. The van der Waals surface area contributed by atoms with Gasteiger partial charge in [-0.3, -0.25) is 29.0 Å². The molecule has 2 unspecified atom stereocenters. The third kappa shape index (κ3) is 33.4. The van der Waals surface area contributed by atoms with Gasteiger partial charge in [0.25, 0.3) is 0 Å². The second-order valence-corrected chi connectivity index (χ2v) is 21.1. The summed E-state index contributed by atoms with van der Waals surface area (Å²) in [6.45, 7) is 9.79. The fourth-order valence-corrected chi connectivity index (χ4v) is 10.5. The SMILES string of the molecule is CCCCCCCCCCCCCCCCCCCCCCCCC1CC(=O)N(CCNCCNCCNCCN2C(=O)CC(CCCCCCCCCCCCCCCCCC)C2=O)C1=O. The topological polar surface area (TPSA) is 111 Å². The number of nitrogens with zero attached hydrogens (tertiary/aromatic N) is 2. The molecule has 2 heterocycles. The molecule has 0 radical (unpaired) electrons. The van der Waals surface area contributed by atoms with Gasteiger partial charge in [0.15, 0.2) is 0 Å². The van der Waals surface area contributed by atoms with E-state index < -0.39 is 0 Å². The van der Waals surface area contributed by atoms with Crippen molar-refractivity contribution in [3.8, 4) is 0 Å². The van der Waals surface area contributed by atoms with Gasteiger partial charge in [-0.2, -0.15) is 0 Å². The molecule has 2 rings (SSSR count). The summed E-state index contributed by atoms with van der Waals surface area (Å²) in [5, 5.41) is 10.1. The zero-order chi connectivity index (χ0) is 48.1. The average Bonchev–Trinajstić information content (AvgIpc) is 3.76. The van der Waals surface area contributed by atoms with Crippen molar-refractivity contribution >= 4 is 23.6 Å². The number of carbonyl (C=O) groups is 4. The first kappa shape index (κ1) is 61.3. The highest BCUT2D eigenvalue weighted by atomic mass is 16.2. The first-order chi connectivity index (χ1) is 33.0. The standard InChI is InChI=1S/C58H111N5O4/c1-3-5-7-9-11-13-15-17-19-21-22-23-24-25-26-28-30-32-34-36-38-40-42-54-52-56(65)63(58(54)67)50-48-61-46-44-59-43-45-60-47-49-62-55(64)51-53(57(62)66)41-39-37-35-33-31-29-27-20-18-16-14-12-10-8-6-4-2/h53-54,59-61H,3-52H2,1-2H3. The smallest absolute Gasteiger partial charge is 0.232 e. The van der Waals surface area contributed by atoms with E-state index in [1.165, 1.54) is 235 Å². The molecule has 2 saturated heterocycles. The Morgan fingerprint density at radius 2 is 0.522 bits per heavy atom. The van der Waals surface area contributed by atoms with E-state index in [4.69, 9.17) is 0 Å². The van der Waals surface area contributed by atoms with Gasteiger partial charge in [-0.05, 0) is 12.8 Å². The maximum Gasteiger partial charge on any atom is 0.232 e. The molecule has 2 aliphatic heterocycles. The van der Waals surface area contributed by atoms with Crippen molar-refractivity contribution < 1.29 is 19.2 Å². The molecule has 2 aliphatic rings. The predicted molar refractivity (Wildman–Crippen MR) is 284 cm³/mol. The number of carbonyl (C=O) groups excluding carboxylic acids is 4. The second kappa shape index (κ2) is 45.3. The molecule has 2 atom stereocenters. The summed E-state index contributed by atoms with van der Waals surface area (Å²) in [6.07, 6.45) is 54.1. The van der Waals surface area contributed by atoms with Crippen LogP contribution in [0, 0.1) is 11.8 Å². The Kier molecular flexibility index (Phi) is 41.4. The number of hydrogen-bond donors (Lipinski definition) is 3.